The Balaban J connectivity index is 2.13. The molecule has 3 nitrogen and oxygen atoms in total. The first-order chi connectivity index (χ1) is 8.56. The fraction of sp³-hybridized carbons (Fsp3) is 0.308. The number of hydrogen-bond acceptors (Lipinski definition) is 2. The molecule has 18 heavy (non-hydrogen) atoms. The van der Waals surface area contributed by atoms with Gasteiger partial charge in [-0.3, -0.25) is 5.10 Å². The first-order valence-corrected chi connectivity index (χ1v) is 5.86. The molecule has 0 spiro atoms. The minimum absolute atomic E-state index is 0.286. The van der Waals surface area contributed by atoms with Crippen LogP contribution in [0.3, 0.4) is 0 Å². The van der Waals surface area contributed by atoms with Crippen LogP contribution in [-0.2, 0) is 0 Å². The van der Waals surface area contributed by atoms with E-state index in [0.717, 1.165) is 18.2 Å². The maximum absolute atomic E-state index is 13.3. The van der Waals surface area contributed by atoms with E-state index in [1.165, 1.54) is 12.1 Å². The van der Waals surface area contributed by atoms with Gasteiger partial charge in [-0.2, -0.15) is 5.10 Å². The van der Waals surface area contributed by atoms with Crippen molar-refractivity contribution in [2.45, 2.75) is 19.3 Å². The van der Waals surface area contributed by atoms with Crippen LogP contribution >= 0.6 is 0 Å². The number of halogens is 2. The summed E-state index contributed by atoms with van der Waals surface area (Å²) in [6.07, 6.45) is 1.05. The lowest BCUT2D eigenvalue weighted by atomic mass is 10.0. The van der Waals surface area contributed by atoms with Gasteiger partial charge in [-0.1, -0.05) is 6.92 Å². The normalized spacial score (nSPS) is 22.2. The van der Waals surface area contributed by atoms with E-state index < -0.39 is 11.6 Å². The minimum Gasteiger partial charge on any atom is -0.382 e. The fourth-order valence-corrected chi connectivity index (χ4v) is 2.36. The molecule has 1 aromatic heterocycles. The molecule has 3 N–H and O–H groups in total. The number of benzene rings is 1. The maximum atomic E-state index is 13.3. The Morgan fingerprint density at radius 2 is 1.89 bits per heavy atom. The van der Waals surface area contributed by atoms with Crippen LogP contribution in [0.25, 0.3) is 11.1 Å². The van der Waals surface area contributed by atoms with Gasteiger partial charge >= 0.3 is 0 Å². The molecule has 1 heterocycles. The van der Waals surface area contributed by atoms with Gasteiger partial charge in [0.1, 0.15) is 11.6 Å². The Hall–Kier alpha value is -1.91. The number of H-pyrrole nitrogens is 1. The lowest BCUT2D eigenvalue weighted by Gasteiger charge is -2.04. The van der Waals surface area contributed by atoms with Gasteiger partial charge in [0.25, 0.3) is 0 Å². The van der Waals surface area contributed by atoms with Crippen LogP contribution < -0.4 is 5.73 Å². The Morgan fingerprint density at radius 1 is 1.28 bits per heavy atom. The summed E-state index contributed by atoms with van der Waals surface area (Å²) < 4.78 is 26.5. The average Bonchev–Trinajstić information content (AvgIpc) is 2.86. The molecular weight excluding hydrogens is 236 g/mol. The summed E-state index contributed by atoms with van der Waals surface area (Å²) in [5.41, 5.74) is 7.74. The summed E-state index contributed by atoms with van der Waals surface area (Å²) >= 11 is 0. The summed E-state index contributed by atoms with van der Waals surface area (Å²) in [5, 5.41) is 6.84. The quantitative estimate of drug-likeness (QED) is 0.859. The zero-order valence-corrected chi connectivity index (χ0v) is 9.87. The molecule has 1 fully saturated rings. The molecule has 3 rings (SSSR count). The first kappa shape index (κ1) is 11.2. The van der Waals surface area contributed by atoms with Crippen molar-refractivity contribution in [1.82, 2.24) is 10.2 Å². The smallest absolute Gasteiger partial charge is 0.153 e. The van der Waals surface area contributed by atoms with Crippen LogP contribution in [0.2, 0.25) is 0 Å². The van der Waals surface area contributed by atoms with Crippen LogP contribution in [0.4, 0.5) is 14.6 Å². The van der Waals surface area contributed by atoms with Gasteiger partial charge in [-0.25, -0.2) is 8.78 Å². The number of nitrogens with zero attached hydrogens (tertiary/aromatic N) is 1. The molecule has 0 radical (unpaired) electrons. The van der Waals surface area contributed by atoms with Crippen LogP contribution in [0.15, 0.2) is 18.2 Å². The Bertz CT molecular complexity index is 586. The minimum atomic E-state index is -0.611. The zero-order chi connectivity index (χ0) is 12.9. The summed E-state index contributed by atoms with van der Waals surface area (Å²) in [4.78, 5) is 0. The Kier molecular flexibility index (Phi) is 2.36. The van der Waals surface area contributed by atoms with Crippen molar-refractivity contribution in [1.29, 1.82) is 0 Å². The van der Waals surface area contributed by atoms with Gasteiger partial charge in [0.05, 0.1) is 0 Å². The zero-order valence-electron chi connectivity index (χ0n) is 9.87. The van der Waals surface area contributed by atoms with E-state index in [2.05, 4.69) is 17.1 Å². The number of nitrogen functional groups attached to an aromatic ring is 1. The van der Waals surface area contributed by atoms with E-state index in [-0.39, 0.29) is 5.82 Å². The van der Waals surface area contributed by atoms with Gasteiger partial charge < -0.3 is 5.73 Å². The van der Waals surface area contributed by atoms with Crippen molar-refractivity contribution < 1.29 is 8.78 Å². The fourth-order valence-electron chi connectivity index (χ4n) is 2.36. The van der Waals surface area contributed by atoms with E-state index in [9.17, 15) is 8.78 Å². The van der Waals surface area contributed by atoms with Gasteiger partial charge in [-0.15, -0.1) is 0 Å². The third-order valence-electron chi connectivity index (χ3n) is 3.45. The van der Waals surface area contributed by atoms with E-state index in [4.69, 9.17) is 5.73 Å². The summed E-state index contributed by atoms with van der Waals surface area (Å²) in [6, 6.07) is 3.40. The highest BCUT2D eigenvalue weighted by atomic mass is 19.1. The number of aromatic amines is 1. The molecule has 1 aliphatic rings. The lowest BCUT2D eigenvalue weighted by Crippen LogP contribution is -1.92. The summed E-state index contributed by atoms with van der Waals surface area (Å²) in [5.74, 6) is -0.0203. The molecule has 2 unspecified atom stereocenters. The first-order valence-electron chi connectivity index (χ1n) is 5.86. The maximum Gasteiger partial charge on any atom is 0.153 e. The SMILES string of the molecule is CC1CC1c1[nH]nc(N)c1-c1cc(F)cc(F)c1. The van der Waals surface area contributed by atoms with Crippen LogP contribution in [-0.4, -0.2) is 10.2 Å². The number of nitrogens with one attached hydrogen (secondary N) is 1. The molecule has 0 bridgehead atoms. The van der Waals surface area contributed by atoms with Crippen molar-refractivity contribution in [3.05, 3.63) is 35.5 Å². The van der Waals surface area contributed by atoms with E-state index in [1.54, 1.807) is 0 Å². The van der Waals surface area contributed by atoms with E-state index >= 15 is 0 Å². The summed E-state index contributed by atoms with van der Waals surface area (Å²) in [7, 11) is 0. The molecule has 1 saturated carbocycles. The van der Waals surface area contributed by atoms with Crippen molar-refractivity contribution in [2.24, 2.45) is 5.92 Å². The van der Waals surface area contributed by atoms with Gasteiger partial charge in [0, 0.05) is 23.2 Å². The molecule has 0 amide bonds. The molecule has 94 valence electrons. The molecule has 0 saturated heterocycles. The Labute approximate surface area is 103 Å². The average molecular weight is 249 g/mol. The second kappa shape index (κ2) is 3.80. The Morgan fingerprint density at radius 3 is 2.44 bits per heavy atom. The van der Waals surface area contributed by atoms with Crippen LogP contribution in [0, 0.1) is 17.6 Å². The molecular formula is C13H13F2N3. The van der Waals surface area contributed by atoms with Gasteiger partial charge in [0.15, 0.2) is 5.82 Å². The molecule has 1 aliphatic carbocycles. The highest BCUT2D eigenvalue weighted by Gasteiger charge is 2.38. The third-order valence-corrected chi connectivity index (χ3v) is 3.45. The largest absolute Gasteiger partial charge is 0.382 e. The highest BCUT2D eigenvalue weighted by molar-refractivity contribution is 5.77. The molecule has 2 atom stereocenters. The van der Waals surface area contributed by atoms with E-state index in [1.807, 2.05) is 0 Å². The number of rotatable bonds is 2. The topological polar surface area (TPSA) is 54.7 Å². The van der Waals surface area contributed by atoms with Crippen LogP contribution in [0.5, 0.6) is 0 Å². The lowest BCUT2D eigenvalue weighted by molar-refractivity contribution is 0.584. The third kappa shape index (κ3) is 1.75. The second-order valence-electron chi connectivity index (χ2n) is 4.88. The van der Waals surface area contributed by atoms with Crippen molar-refractivity contribution in [3.63, 3.8) is 0 Å². The monoisotopic (exact) mass is 249 g/mol. The standard InChI is InChI=1S/C13H13F2N3/c1-6-2-10(6)12-11(13(16)18-17-12)7-3-8(14)5-9(15)4-7/h3-6,10H,2H2,1H3,(H3,16,17,18). The molecule has 5 heteroatoms. The highest BCUT2D eigenvalue weighted by Crippen LogP contribution is 2.50. The molecule has 2 aromatic rings. The summed E-state index contributed by atoms with van der Waals surface area (Å²) in [6.45, 7) is 2.12. The van der Waals surface area contributed by atoms with Gasteiger partial charge in [-0.05, 0) is 30.0 Å². The molecule has 0 aliphatic heterocycles. The van der Waals surface area contributed by atoms with E-state index in [0.29, 0.717) is 23.0 Å². The van der Waals surface area contributed by atoms with Crippen molar-refractivity contribution in [2.75, 3.05) is 5.73 Å². The van der Waals surface area contributed by atoms with Crippen LogP contribution in [0.1, 0.15) is 25.0 Å². The number of hydrogen-bond donors (Lipinski definition) is 2. The number of anilines is 1. The van der Waals surface area contributed by atoms with Gasteiger partial charge in [0.2, 0.25) is 0 Å². The predicted molar refractivity (Wildman–Crippen MR) is 64.9 cm³/mol. The second-order valence-corrected chi connectivity index (χ2v) is 4.88. The predicted octanol–water partition coefficient (Wildman–Crippen LogP) is 3.06. The molecule has 1 aromatic carbocycles. The van der Waals surface area contributed by atoms with Crippen molar-refractivity contribution in [3.8, 4) is 11.1 Å². The van der Waals surface area contributed by atoms with Crippen molar-refractivity contribution >= 4 is 5.82 Å². The number of nitrogens with two attached hydrogens (primary N) is 1. The number of aromatic nitrogens is 2.